The van der Waals surface area contributed by atoms with Gasteiger partial charge in [0, 0.05) is 18.1 Å². The number of hydrogen-bond acceptors (Lipinski definition) is 4. The Morgan fingerprint density at radius 2 is 1.54 bits per heavy atom. The average molecular weight is 377 g/mol. The Bertz CT molecular complexity index is 1260. The molecule has 5 heteroatoms. The lowest BCUT2D eigenvalue weighted by Crippen LogP contribution is -2.19. The minimum atomic E-state index is 0.00860. The van der Waals surface area contributed by atoms with Gasteiger partial charge in [-0.2, -0.15) is 0 Å². The largest absolute Gasteiger partial charge is 0.497 e. The Labute approximate surface area is 163 Å². The van der Waals surface area contributed by atoms with E-state index >= 15 is 0 Å². The van der Waals surface area contributed by atoms with Crippen LogP contribution in [0.25, 0.3) is 32.3 Å². The summed E-state index contributed by atoms with van der Waals surface area (Å²) in [6.07, 6.45) is 2.77. The van der Waals surface area contributed by atoms with Gasteiger partial charge in [0.05, 0.1) is 26.7 Å². The molecule has 28 heavy (non-hydrogen) atoms. The Morgan fingerprint density at radius 3 is 2.21 bits per heavy atom. The van der Waals surface area contributed by atoms with E-state index in [0.29, 0.717) is 29.2 Å². The summed E-state index contributed by atoms with van der Waals surface area (Å²) in [6, 6.07) is 11.7. The molecule has 3 aromatic carbocycles. The average Bonchev–Trinajstić information content (AvgIpc) is 2.73. The molecule has 0 N–H and O–H groups in total. The highest BCUT2D eigenvalue weighted by Crippen LogP contribution is 2.43. The highest BCUT2D eigenvalue weighted by Gasteiger charge is 2.18. The van der Waals surface area contributed by atoms with Gasteiger partial charge >= 0.3 is 0 Å². The fourth-order valence-corrected chi connectivity index (χ4v) is 3.97. The first-order chi connectivity index (χ1) is 13.6. The van der Waals surface area contributed by atoms with Crippen molar-refractivity contribution in [3.05, 3.63) is 52.9 Å². The third-order valence-corrected chi connectivity index (χ3v) is 5.23. The number of aromatic nitrogens is 1. The zero-order valence-electron chi connectivity index (χ0n) is 16.5. The molecule has 0 radical (unpaired) electrons. The number of nitrogens with zero attached hydrogens (tertiary/aromatic N) is 1. The second kappa shape index (κ2) is 7.08. The van der Waals surface area contributed by atoms with Crippen molar-refractivity contribution < 1.29 is 14.2 Å². The van der Waals surface area contributed by atoms with Crippen LogP contribution in [0, 0.1) is 0 Å². The number of pyridine rings is 1. The molecule has 144 valence electrons. The standard InChI is InChI=1S/C23H23NO4/c1-5-11-24-12-10-17-15-8-9-19(27-3)22(28-4)20(15)16-7-6-14(26-2)13-18(16)21(17)23(24)25/h6-10,12-13H,5,11H2,1-4H3. The summed E-state index contributed by atoms with van der Waals surface area (Å²) in [5.74, 6) is 2.03. The van der Waals surface area contributed by atoms with Crippen molar-refractivity contribution in [2.24, 2.45) is 0 Å². The van der Waals surface area contributed by atoms with Gasteiger partial charge in [-0.1, -0.05) is 6.92 Å². The van der Waals surface area contributed by atoms with Gasteiger partial charge in [-0.3, -0.25) is 4.79 Å². The SMILES string of the molecule is CCCn1ccc2c3ccc(OC)c(OC)c3c3ccc(OC)cc3c2c1=O. The number of ether oxygens (including phenoxy) is 3. The summed E-state index contributed by atoms with van der Waals surface area (Å²) in [4.78, 5) is 13.3. The summed E-state index contributed by atoms with van der Waals surface area (Å²) in [6.45, 7) is 2.75. The van der Waals surface area contributed by atoms with Gasteiger partial charge < -0.3 is 18.8 Å². The van der Waals surface area contributed by atoms with Crippen LogP contribution in [0.5, 0.6) is 17.2 Å². The number of hydrogen-bond donors (Lipinski definition) is 0. The Kier molecular flexibility index (Phi) is 4.59. The third kappa shape index (κ3) is 2.58. The van der Waals surface area contributed by atoms with Crippen molar-refractivity contribution in [2.75, 3.05) is 21.3 Å². The van der Waals surface area contributed by atoms with Gasteiger partial charge in [0.2, 0.25) is 0 Å². The molecular formula is C23H23NO4. The highest BCUT2D eigenvalue weighted by molar-refractivity contribution is 6.27. The molecule has 0 amide bonds. The van der Waals surface area contributed by atoms with Crippen molar-refractivity contribution in [2.45, 2.75) is 19.9 Å². The van der Waals surface area contributed by atoms with Gasteiger partial charge in [-0.25, -0.2) is 0 Å². The minimum Gasteiger partial charge on any atom is -0.497 e. The van der Waals surface area contributed by atoms with Crippen LogP contribution in [0.2, 0.25) is 0 Å². The molecule has 4 rings (SSSR count). The molecule has 1 aromatic heterocycles. The molecule has 0 aliphatic carbocycles. The maximum Gasteiger partial charge on any atom is 0.259 e. The molecule has 0 saturated heterocycles. The maximum absolute atomic E-state index is 13.3. The van der Waals surface area contributed by atoms with E-state index in [-0.39, 0.29) is 5.56 Å². The van der Waals surface area contributed by atoms with Crippen molar-refractivity contribution in [1.82, 2.24) is 4.57 Å². The zero-order chi connectivity index (χ0) is 19.8. The second-order valence-electron chi connectivity index (χ2n) is 6.74. The predicted octanol–water partition coefficient (Wildman–Crippen LogP) is 4.74. The van der Waals surface area contributed by atoms with E-state index in [1.165, 1.54) is 0 Å². The molecule has 0 spiro atoms. The van der Waals surface area contributed by atoms with Crippen molar-refractivity contribution in [3.8, 4) is 17.2 Å². The first-order valence-corrected chi connectivity index (χ1v) is 9.32. The summed E-state index contributed by atoms with van der Waals surface area (Å²) < 4.78 is 18.4. The fraction of sp³-hybridized carbons (Fsp3) is 0.261. The van der Waals surface area contributed by atoms with Crippen LogP contribution in [-0.2, 0) is 6.54 Å². The van der Waals surface area contributed by atoms with E-state index < -0.39 is 0 Å². The molecule has 0 aliphatic heterocycles. The van der Waals surface area contributed by atoms with Gasteiger partial charge in [0.25, 0.3) is 5.56 Å². The molecule has 5 nitrogen and oxygen atoms in total. The van der Waals surface area contributed by atoms with Crippen LogP contribution in [0.3, 0.4) is 0 Å². The molecule has 0 aliphatic rings. The molecule has 0 unspecified atom stereocenters. The van der Waals surface area contributed by atoms with E-state index in [0.717, 1.165) is 33.4 Å². The van der Waals surface area contributed by atoms with E-state index in [1.54, 1.807) is 25.9 Å². The number of methoxy groups -OCH3 is 3. The predicted molar refractivity (Wildman–Crippen MR) is 113 cm³/mol. The van der Waals surface area contributed by atoms with Crippen LogP contribution in [0.1, 0.15) is 13.3 Å². The molecule has 0 bridgehead atoms. The molecular weight excluding hydrogens is 354 g/mol. The number of fused-ring (bicyclic) bond motifs is 6. The van der Waals surface area contributed by atoms with Gasteiger partial charge in [0.15, 0.2) is 11.5 Å². The van der Waals surface area contributed by atoms with Gasteiger partial charge in [0.1, 0.15) is 5.75 Å². The maximum atomic E-state index is 13.3. The Balaban J connectivity index is 2.31. The zero-order valence-corrected chi connectivity index (χ0v) is 16.5. The quantitative estimate of drug-likeness (QED) is 0.471. The molecule has 4 aromatic rings. The molecule has 1 heterocycles. The summed E-state index contributed by atoms with van der Waals surface area (Å²) in [7, 11) is 4.89. The molecule has 0 fully saturated rings. The monoisotopic (exact) mass is 377 g/mol. The number of aryl methyl sites for hydroxylation is 1. The third-order valence-electron chi connectivity index (χ3n) is 5.23. The first kappa shape index (κ1) is 18.2. The number of benzene rings is 3. The second-order valence-corrected chi connectivity index (χ2v) is 6.74. The van der Waals surface area contributed by atoms with Gasteiger partial charge in [-0.15, -0.1) is 0 Å². The Morgan fingerprint density at radius 1 is 0.821 bits per heavy atom. The summed E-state index contributed by atoms with van der Waals surface area (Å²) in [5, 5.41) is 5.28. The van der Waals surface area contributed by atoms with Crippen LogP contribution in [0.15, 0.2) is 47.4 Å². The number of rotatable bonds is 5. The van der Waals surface area contributed by atoms with Crippen molar-refractivity contribution in [3.63, 3.8) is 0 Å². The summed E-state index contributed by atoms with van der Waals surface area (Å²) >= 11 is 0. The molecule has 0 atom stereocenters. The molecule has 0 saturated carbocycles. The van der Waals surface area contributed by atoms with E-state index in [9.17, 15) is 4.79 Å². The van der Waals surface area contributed by atoms with Gasteiger partial charge in [-0.05, 0) is 64.4 Å². The first-order valence-electron chi connectivity index (χ1n) is 9.32. The van der Waals surface area contributed by atoms with Crippen LogP contribution in [0.4, 0.5) is 0 Å². The lowest BCUT2D eigenvalue weighted by Gasteiger charge is -2.17. The minimum absolute atomic E-state index is 0.00860. The lowest BCUT2D eigenvalue weighted by atomic mass is 9.94. The van der Waals surface area contributed by atoms with Crippen LogP contribution >= 0.6 is 0 Å². The van der Waals surface area contributed by atoms with E-state index in [2.05, 4.69) is 6.92 Å². The Hall–Kier alpha value is -3.21. The van der Waals surface area contributed by atoms with Crippen molar-refractivity contribution >= 4 is 32.3 Å². The normalized spacial score (nSPS) is 11.3. The fourth-order valence-electron chi connectivity index (χ4n) is 3.97. The lowest BCUT2D eigenvalue weighted by molar-refractivity contribution is 0.359. The smallest absolute Gasteiger partial charge is 0.259 e. The van der Waals surface area contributed by atoms with Crippen LogP contribution < -0.4 is 19.8 Å². The summed E-state index contributed by atoms with van der Waals surface area (Å²) in [5.41, 5.74) is 0.00860. The van der Waals surface area contributed by atoms with Crippen molar-refractivity contribution in [1.29, 1.82) is 0 Å². The highest BCUT2D eigenvalue weighted by atomic mass is 16.5. The topological polar surface area (TPSA) is 49.7 Å². The van der Waals surface area contributed by atoms with Crippen LogP contribution in [-0.4, -0.2) is 25.9 Å². The van der Waals surface area contributed by atoms with E-state index in [4.69, 9.17) is 14.2 Å². The van der Waals surface area contributed by atoms with E-state index in [1.807, 2.05) is 42.6 Å².